The molecule has 0 saturated carbocycles. The van der Waals surface area contributed by atoms with E-state index in [0.29, 0.717) is 11.3 Å². The van der Waals surface area contributed by atoms with Gasteiger partial charge in [-0.1, -0.05) is 62.4 Å². The predicted molar refractivity (Wildman–Crippen MR) is 100 cm³/mol. The number of carbonyl (C=O) groups is 2. The van der Waals surface area contributed by atoms with Crippen molar-refractivity contribution in [3.63, 3.8) is 0 Å². The number of hydrogen-bond donors (Lipinski definition) is 0. The lowest BCUT2D eigenvalue weighted by molar-refractivity contribution is -0.297. The van der Waals surface area contributed by atoms with Crippen LogP contribution < -0.4 is 9.84 Å². The van der Waals surface area contributed by atoms with E-state index in [1.807, 2.05) is 30.3 Å². The highest BCUT2D eigenvalue weighted by Gasteiger charge is 2.16. The molecule has 0 spiro atoms. The SMILES string of the molecule is C=C(C)C(=O)Oc1c(/C=C/C(=O)[O-])cccc1-c1ccccc1CCC. The van der Waals surface area contributed by atoms with E-state index < -0.39 is 11.9 Å². The summed E-state index contributed by atoms with van der Waals surface area (Å²) in [5.41, 5.74) is 3.54. The first kappa shape index (κ1) is 19.2. The minimum Gasteiger partial charge on any atom is -0.545 e. The minimum atomic E-state index is -1.32. The second kappa shape index (κ2) is 8.81. The Morgan fingerprint density at radius 3 is 2.46 bits per heavy atom. The fourth-order valence-electron chi connectivity index (χ4n) is 2.62. The molecular weight excluding hydrogens is 328 g/mol. The van der Waals surface area contributed by atoms with Gasteiger partial charge in [0.2, 0.25) is 0 Å². The lowest BCUT2D eigenvalue weighted by atomic mass is 9.94. The van der Waals surface area contributed by atoms with E-state index in [0.717, 1.165) is 35.6 Å². The number of carbonyl (C=O) groups excluding carboxylic acids is 2. The zero-order valence-corrected chi connectivity index (χ0v) is 15.0. The number of benzene rings is 2. The third-order valence-electron chi connectivity index (χ3n) is 3.81. The van der Waals surface area contributed by atoms with Gasteiger partial charge in [0, 0.05) is 16.7 Å². The molecule has 0 saturated heterocycles. The van der Waals surface area contributed by atoms with E-state index in [4.69, 9.17) is 4.74 Å². The molecule has 26 heavy (non-hydrogen) atoms. The fourth-order valence-corrected chi connectivity index (χ4v) is 2.62. The maximum absolute atomic E-state index is 12.1. The second-order valence-electron chi connectivity index (χ2n) is 5.95. The van der Waals surface area contributed by atoms with Crippen LogP contribution in [0.4, 0.5) is 0 Å². The molecule has 0 fully saturated rings. The summed E-state index contributed by atoms with van der Waals surface area (Å²) in [6.45, 7) is 7.27. The average molecular weight is 349 g/mol. The van der Waals surface area contributed by atoms with Crippen molar-refractivity contribution >= 4 is 18.0 Å². The van der Waals surface area contributed by atoms with E-state index in [9.17, 15) is 14.7 Å². The molecule has 4 heteroatoms. The molecule has 0 amide bonds. The van der Waals surface area contributed by atoms with Gasteiger partial charge in [-0.05, 0) is 36.6 Å². The molecule has 0 unspecified atom stereocenters. The quantitative estimate of drug-likeness (QED) is 0.435. The van der Waals surface area contributed by atoms with Crippen LogP contribution >= 0.6 is 0 Å². The van der Waals surface area contributed by atoms with Crippen LogP contribution in [0.5, 0.6) is 5.75 Å². The number of ether oxygens (including phenoxy) is 1. The maximum atomic E-state index is 12.1. The average Bonchev–Trinajstić information content (AvgIpc) is 2.61. The van der Waals surface area contributed by atoms with Crippen LogP contribution in [0.25, 0.3) is 17.2 Å². The fraction of sp³-hybridized carbons (Fsp3) is 0.182. The highest BCUT2D eigenvalue weighted by molar-refractivity contribution is 5.92. The van der Waals surface area contributed by atoms with Gasteiger partial charge < -0.3 is 14.6 Å². The summed E-state index contributed by atoms with van der Waals surface area (Å²) in [7, 11) is 0. The summed E-state index contributed by atoms with van der Waals surface area (Å²) in [5.74, 6) is -1.57. The number of carboxylic acid groups (broad SMARTS) is 1. The monoisotopic (exact) mass is 349 g/mol. The number of hydrogen-bond acceptors (Lipinski definition) is 4. The van der Waals surface area contributed by atoms with E-state index in [1.54, 1.807) is 19.1 Å². The van der Waals surface area contributed by atoms with Crippen molar-refractivity contribution in [1.29, 1.82) is 0 Å². The van der Waals surface area contributed by atoms with Crippen molar-refractivity contribution in [3.05, 3.63) is 71.8 Å². The number of aryl methyl sites for hydroxylation is 1. The molecule has 0 N–H and O–H groups in total. The van der Waals surface area contributed by atoms with Crippen molar-refractivity contribution in [2.75, 3.05) is 0 Å². The summed E-state index contributed by atoms with van der Waals surface area (Å²) in [6.07, 6.45) is 4.13. The van der Waals surface area contributed by atoms with Crippen molar-refractivity contribution in [2.45, 2.75) is 26.7 Å². The highest BCUT2D eigenvalue weighted by Crippen LogP contribution is 2.36. The van der Waals surface area contributed by atoms with Crippen LogP contribution in [0, 0.1) is 0 Å². The molecule has 0 aromatic heterocycles. The number of carboxylic acids is 1. The number of para-hydroxylation sites is 1. The van der Waals surface area contributed by atoms with Crippen LogP contribution in [0.1, 0.15) is 31.4 Å². The van der Waals surface area contributed by atoms with E-state index in [2.05, 4.69) is 13.5 Å². The predicted octanol–water partition coefficient (Wildman–Crippen LogP) is 3.55. The van der Waals surface area contributed by atoms with E-state index in [-0.39, 0.29) is 5.57 Å². The summed E-state index contributed by atoms with van der Waals surface area (Å²) in [5, 5.41) is 10.8. The first-order valence-corrected chi connectivity index (χ1v) is 8.42. The lowest BCUT2D eigenvalue weighted by Gasteiger charge is -2.16. The molecule has 0 aliphatic heterocycles. The van der Waals surface area contributed by atoms with Crippen LogP contribution in [0.15, 0.2) is 60.7 Å². The van der Waals surface area contributed by atoms with Crippen molar-refractivity contribution in [1.82, 2.24) is 0 Å². The van der Waals surface area contributed by atoms with Gasteiger partial charge in [-0.15, -0.1) is 0 Å². The second-order valence-corrected chi connectivity index (χ2v) is 5.95. The largest absolute Gasteiger partial charge is 0.545 e. The standard InChI is InChI=1S/C22H22O4/c1-4-8-16-9-5-6-11-18(16)19-12-7-10-17(13-14-20(23)24)21(19)26-22(25)15(2)3/h5-7,9-14H,2,4,8H2,1,3H3,(H,23,24)/p-1/b14-13+. The smallest absolute Gasteiger partial charge is 0.338 e. The highest BCUT2D eigenvalue weighted by atomic mass is 16.5. The first-order valence-electron chi connectivity index (χ1n) is 8.42. The summed E-state index contributed by atoms with van der Waals surface area (Å²) in [6, 6.07) is 13.2. The number of esters is 1. The van der Waals surface area contributed by atoms with Gasteiger partial charge in [-0.3, -0.25) is 0 Å². The summed E-state index contributed by atoms with van der Waals surface area (Å²) in [4.78, 5) is 22.9. The third kappa shape index (κ3) is 4.70. The topological polar surface area (TPSA) is 66.4 Å². The Hall–Kier alpha value is -3.14. The first-order chi connectivity index (χ1) is 12.4. The molecule has 0 radical (unpaired) electrons. The summed E-state index contributed by atoms with van der Waals surface area (Å²) < 4.78 is 5.55. The van der Waals surface area contributed by atoms with Crippen molar-refractivity contribution in [3.8, 4) is 16.9 Å². The van der Waals surface area contributed by atoms with Crippen molar-refractivity contribution < 1.29 is 19.4 Å². The molecule has 2 rings (SSSR count). The van der Waals surface area contributed by atoms with Crippen LogP contribution in [-0.2, 0) is 16.0 Å². The molecule has 0 bridgehead atoms. The Morgan fingerprint density at radius 2 is 1.81 bits per heavy atom. The normalized spacial score (nSPS) is 10.7. The molecule has 2 aromatic rings. The Bertz CT molecular complexity index is 862. The Balaban J connectivity index is 2.65. The van der Waals surface area contributed by atoms with Gasteiger partial charge in [-0.2, -0.15) is 0 Å². The zero-order chi connectivity index (χ0) is 19.1. The molecule has 0 atom stereocenters. The van der Waals surface area contributed by atoms with Crippen LogP contribution in [0.3, 0.4) is 0 Å². The third-order valence-corrected chi connectivity index (χ3v) is 3.81. The molecule has 2 aromatic carbocycles. The molecule has 4 nitrogen and oxygen atoms in total. The van der Waals surface area contributed by atoms with E-state index in [1.165, 1.54) is 6.08 Å². The van der Waals surface area contributed by atoms with Crippen molar-refractivity contribution in [2.24, 2.45) is 0 Å². The Morgan fingerprint density at radius 1 is 1.12 bits per heavy atom. The minimum absolute atomic E-state index is 0.261. The van der Waals surface area contributed by atoms with Gasteiger partial charge in [0.25, 0.3) is 0 Å². The summed E-state index contributed by atoms with van der Waals surface area (Å²) >= 11 is 0. The number of aliphatic carboxylic acids is 1. The van der Waals surface area contributed by atoms with Crippen LogP contribution in [-0.4, -0.2) is 11.9 Å². The Kier molecular flexibility index (Phi) is 6.50. The molecule has 0 aliphatic carbocycles. The Labute approximate surface area is 153 Å². The van der Waals surface area contributed by atoms with Crippen LogP contribution in [0.2, 0.25) is 0 Å². The number of rotatable bonds is 7. The lowest BCUT2D eigenvalue weighted by Crippen LogP contribution is -2.18. The zero-order valence-electron chi connectivity index (χ0n) is 15.0. The van der Waals surface area contributed by atoms with Gasteiger partial charge >= 0.3 is 5.97 Å². The van der Waals surface area contributed by atoms with Gasteiger partial charge in [0.15, 0.2) is 0 Å². The van der Waals surface area contributed by atoms with E-state index >= 15 is 0 Å². The maximum Gasteiger partial charge on any atom is 0.338 e. The van der Waals surface area contributed by atoms with Gasteiger partial charge in [0.05, 0.1) is 5.97 Å². The molecule has 134 valence electrons. The van der Waals surface area contributed by atoms with Gasteiger partial charge in [-0.25, -0.2) is 4.79 Å². The molecule has 0 aliphatic rings. The molecular formula is C22H21O4-. The van der Waals surface area contributed by atoms with Gasteiger partial charge in [0.1, 0.15) is 5.75 Å². The molecule has 0 heterocycles.